The predicted octanol–water partition coefficient (Wildman–Crippen LogP) is 0.213. The first-order chi connectivity index (χ1) is 8.56. The zero-order valence-electron chi connectivity index (χ0n) is 11.9. The molecule has 1 fully saturated rings. The van der Waals surface area contributed by atoms with Gasteiger partial charge in [-0.25, -0.2) is 0 Å². The van der Waals surface area contributed by atoms with Gasteiger partial charge in [-0.05, 0) is 20.4 Å². The Labute approximate surface area is 110 Å². The number of carbonyl (C=O) groups excluding carboxylic acids is 1. The molecule has 0 aromatic carbocycles. The van der Waals surface area contributed by atoms with Crippen molar-refractivity contribution in [3.05, 3.63) is 0 Å². The van der Waals surface area contributed by atoms with Crippen LogP contribution in [0.25, 0.3) is 0 Å². The van der Waals surface area contributed by atoms with Gasteiger partial charge in [0.25, 0.3) is 0 Å². The molecule has 18 heavy (non-hydrogen) atoms. The number of carbonyl (C=O) groups is 1. The van der Waals surface area contributed by atoms with E-state index in [1.54, 1.807) is 0 Å². The average Bonchev–Trinajstić information content (AvgIpc) is 2.38. The Kier molecular flexibility index (Phi) is 6.60. The molecular weight excluding hydrogens is 230 g/mol. The first-order valence-electron chi connectivity index (χ1n) is 6.86. The van der Waals surface area contributed by atoms with Crippen molar-refractivity contribution in [2.75, 3.05) is 45.9 Å². The standard InChI is InChI=1S/C13H27N3O2/c1-4-14-6-5-12(17)15-11-13(2,3)16-7-9-18-10-8-16/h14H,4-11H2,1-3H3,(H,15,17). The maximum atomic E-state index is 11.7. The highest BCUT2D eigenvalue weighted by molar-refractivity contribution is 5.76. The van der Waals surface area contributed by atoms with Gasteiger partial charge in [-0.1, -0.05) is 6.92 Å². The molecule has 0 bridgehead atoms. The Balaban J connectivity index is 2.24. The topological polar surface area (TPSA) is 53.6 Å². The van der Waals surface area contributed by atoms with Crippen molar-refractivity contribution in [3.8, 4) is 0 Å². The van der Waals surface area contributed by atoms with Gasteiger partial charge in [-0.3, -0.25) is 9.69 Å². The summed E-state index contributed by atoms with van der Waals surface area (Å²) in [6.07, 6.45) is 0.549. The lowest BCUT2D eigenvalue weighted by atomic mass is 10.0. The monoisotopic (exact) mass is 257 g/mol. The van der Waals surface area contributed by atoms with Gasteiger partial charge in [0.05, 0.1) is 13.2 Å². The van der Waals surface area contributed by atoms with Crippen LogP contribution in [0.15, 0.2) is 0 Å². The molecule has 0 aromatic rings. The number of rotatable bonds is 7. The molecule has 1 heterocycles. The van der Waals surface area contributed by atoms with Gasteiger partial charge < -0.3 is 15.4 Å². The molecule has 106 valence electrons. The maximum absolute atomic E-state index is 11.7. The van der Waals surface area contributed by atoms with Crippen LogP contribution in [0.1, 0.15) is 27.2 Å². The highest BCUT2D eigenvalue weighted by Gasteiger charge is 2.28. The number of ether oxygens (including phenoxy) is 1. The minimum Gasteiger partial charge on any atom is -0.379 e. The zero-order valence-corrected chi connectivity index (χ0v) is 11.9. The summed E-state index contributed by atoms with van der Waals surface area (Å²) >= 11 is 0. The van der Waals surface area contributed by atoms with Crippen LogP contribution in [0.5, 0.6) is 0 Å². The Morgan fingerprint density at radius 2 is 2.00 bits per heavy atom. The van der Waals surface area contributed by atoms with Crippen LogP contribution < -0.4 is 10.6 Å². The summed E-state index contributed by atoms with van der Waals surface area (Å²) in [6, 6.07) is 0. The summed E-state index contributed by atoms with van der Waals surface area (Å²) in [4.78, 5) is 14.0. The number of nitrogens with one attached hydrogen (secondary N) is 2. The number of hydrogen-bond acceptors (Lipinski definition) is 4. The molecule has 0 saturated carbocycles. The third-order valence-corrected chi connectivity index (χ3v) is 3.36. The molecule has 0 unspecified atom stereocenters. The van der Waals surface area contributed by atoms with Gasteiger partial charge >= 0.3 is 0 Å². The fraction of sp³-hybridized carbons (Fsp3) is 0.923. The summed E-state index contributed by atoms with van der Waals surface area (Å²) in [5.74, 6) is 0.122. The molecule has 1 aliphatic rings. The quantitative estimate of drug-likeness (QED) is 0.640. The van der Waals surface area contributed by atoms with Crippen molar-refractivity contribution in [2.45, 2.75) is 32.7 Å². The smallest absolute Gasteiger partial charge is 0.221 e. The molecule has 2 N–H and O–H groups in total. The highest BCUT2D eigenvalue weighted by Crippen LogP contribution is 2.14. The van der Waals surface area contributed by atoms with Gasteiger partial charge in [-0.15, -0.1) is 0 Å². The Morgan fingerprint density at radius 3 is 2.61 bits per heavy atom. The zero-order chi connectivity index (χ0) is 13.4. The Bertz CT molecular complexity index is 251. The second-order valence-electron chi connectivity index (χ2n) is 5.29. The average molecular weight is 257 g/mol. The van der Waals surface area contributed by atoms with E-state index < -0.39 is 0 Å². The Morgan fingerprint density at radius 1 is 1.33 bits per heavy atom. The lowest BCUT2D eigenvalue weighted by Gasteiger charge is -2.40. The van der Waals surface area contributed by atoms with E-state index in [0.717, 1.165) is 39.4 Å². The van der Waals surface area contributed by atoms with Gasteiger partial charge in [0.15, 0.2) is 0 Å². The van der Waals surface area contributed by atoms with Crippen LogP contribution in [-0.2, 0) is 9.53 Å². The SMILES string of the molecule is CCNCCC(=O)NCC(C)(C)N1CCOCC1. The van der Waals surface area contributed by atoms with E-state index in [2.05, 4.69) is 29.4 Å². The van der Waals surface area contributed by atoms with Crippen molar-refractivity contribution in [2.24, 2.45) is 0 Å². The second-order valence-corrected chi connectivity index (χ2v) is 5.29. The molecule has 0 radical (unpaired) electrons. The molecule has 0 aromatic heterocycles. The van der Waals surface area contributed by atoms with Crippen LogP contribution in [-0.4, -0.2) is 62.3 Å². The van der Waals surface area contributed by atoms with E-state index in [1.807, 2.05) is 6.92 Å². The van der Waals surface area contributed by atoms with Crippen LogP contribution in [0.2, 0.25) is 0 Å². The number of nitrogens with zero attached hydrogens (tertiary/aromatic N) is 1. The first kappa shape index (κ1) is 15.4. The minimum atomic E-state index is -0.00236. The van der Waals surface area contributed by atoms with Crippen molar-refractivity contribution in [1.29, 1.82) is 0 Å². The summed E-state index contributed by atoms with van der Waals surface area (Å²) < 4.78 is 5.35. The fourth-order valence-corrected chi connectivity index (χ4v) is 2.06. The molecule has 1 saturated heterocycles. The van der Waals surface area contributed by atoms with Crippen molar-refractivity contribution < 1.29 is 9.53 Å². The van der Waals surface area contributed by atoms with E-state index in [1.165, 1.54) is 0 Å². The number of amides is 1. The Hall–Kier alpha value is -0.650. The van der Waals surface area contributed by atoms with Crippen LogP contribution in [0.3, 0.4) is 0 Å². The molecule has 1 amide bonds. The van der Waals surface area contributed by atoms with E-state index in [9.17, 15) is 4.79 Å². The largest absolute Gasteiger partial charge is 0.379 e. The van der Waals surface area contributed by atoms with Crippen molar-refractivity contribution >= 4 is 5.91 Å². The van der Waals surface area contributed by atoms with Crippen LogP contribution >= 0.6 is 0 Å². The van der Waals surface area contributed by atoms with E-state index in [-0.39, 0.29) is 11.4 Å². The summed E-state index contributed by atoms with van der Waals surface area (Å²) in [5, 5.41) is 6.17. The maximum Gasteiger partial charge on any atom is 0.221 e. The summed E-state index contributed by atoms with van der Waals surface area (Å²) in [7, 11) is 0. The predicted molar refractivity (Wildman–Crippen MR) is 72.6 cm³/mol. The highest BCUT2D eigenvalue weighted by atomic mass is 16.5. The lowest BCUT2D eigenvalue weighted by Crippen LogP contribution is -2.55. The molecule has 0 atom stereocenters. The molecule has 1 rings (SSSR count). The normalized spacial score (nSPS) is 17.7. The van der Waals surface area contributed by atoms with Gasteiger partial charge in [0.2, 0.25) is 5.91 Å². The molecule has 1 aliphatic heterocycles. The number of morpholine rings is 1. The van der Waals surface area contributed by atoms with Crippen LogP contribution in [0.4, 0.5) is 0 Å². The molecular formula is C13H27N3O2. The minimum absolute atomic E-state index is 0.00236. The molecule has 0 spiro atoms. The second kappa shape index (κ2) is 7.71. The molecule has 0 aliphatic carbocycles. The lowest BCUT2D eigenvalue weighted by molar-refractivity contribution is -0.121. The molecule has 5 nitrogen and oxygen atoms in total. The van der Waals surface area contributed by atoms with Crippen LogP contribution in [0, 0.1) is 0 Å². The third kappa shape index (κ3) is 5.33. The van der Waals surface area contributed by atoms with E-state index in [0.29, 0.717) is 13.0 Å². The van der Waals surface area contributed by atoms with Gasteiger partial charge in [0.1, 0.15) is 0 Å². The fourth-order valence-electron chi connectivity index (χ4n) is 2.06. The van der Waals surface area contributed by atoms with E-state index >= 15 is 0 Å². The van der Waals surface area contributed by atoms with E-state index in [4.69, 9.17) is 4.74 Å². The van der Waals surface area contributed by atoms with Crippen molar-refractivity contribution in [3.63, 3.8) is 0 Å². The first-order valence-corrected chi connectivity index (χ1v) is 6.86. The summed E-state index contributed by atoms with van der Waals surface area (Å²) in [5.41, 5.74) is -0.00236. The summed E-state index contributed by atoms with van der Waals surface area (Å²) in [6.45, 7) is 12.2. The molecule has 5 heteroatoms. The third-order valence-electron chi connectivity index (χ3n) is 3.36. The van der Waals surface area contributed by atoms with Gasteiger partial charge in [-0.2, -0.15) is 0 Å². The number of hydrogen-bond donors (Lipinski definition) is 2. The van der Waals surface area contributed by atoms with Gasteiger partial charge in [0, 0.05) is 38.1 Å². The van der Waals surface area contributed by atoms with Crippen molar-refractivity contribution in [1.82, 2.24) is 15.5 Å².